The first-order valence-corrected chi connectivity index (χ1v) is 6.80. The summed E-state index contributed by atoms with van der Waals surface area (Å²) in [5.41, 5.74) is 4.67. The zero-order chi connectivity index (χ0) is 15.5. The van der Waals surface area contributed by atoms with Crippen molar-refractivity contribution in [1.82, 2.24) is 14.9 Å². The molecule has 3 rings (SSSR count). The second-order valence-electron chi connectivity index (χ2n) is 4.47. The SMILES string of the molecule is O=[N+]([O-])c1ccc(Nn2c(-c3ccccc3)n[nH]c2=S)cc1. The van der Waals surface area contributed by atoms with Gasteiger partial charge in [-0.25, -0.2) is 9.77 Å². The molecule has 1 aromatic heterocycles. The molecule has 8 heteroatoms. The van der Waals surface area contributed by atoms with E-state index >= 15 is 0 Å². The molecule has 2 aromatic carbocycles. The molecule has 0 amide bonds. The number of nitro groups is 1. The van der Waals surface area contributed by atoms with Gasteiger partial charge in [0.1, 0.15) is 0 Å². The Bertz CT molecular complexity index is 855. The van der Waals surface area contributed by atoms with Crippen LogP contribution in [0.4, 0.5) is 11.4 Å². The number of H-pyrrole nitrogens is 1. The number of aromatic nitrogens is 3. The molecule has 0 bridgehead atoms. The minimum absolute atomic E-state index is 0.0321. The maximum Gasteiger partial charge on any atom is 0.269 e. The molecule has 22 heavy (non-hydrogen) atoms. The summed E-state index contributed by atoms with van der Waals surface area (Å²) < 4.78 is 2.02. The van der Waals surface area contributed by atoms with Gasteiger partial charge in [0.15, 0.2) is 5.82 Å². The van der Waals surface area contributed by atoms with Gasteiger partial charge in [-0.3, -0.25) is 15.5 Å². The maximum atomic E-state index is 10.7. The molecule has 2 N–H and O–H groups in total. The molecule has 0 spiro atoms. The van der Waals surface area contributed by atoms with Crippen LogP contribution in [0.25, 0.3) is 11.4 Å². The van der Waals surface area contributed by atoms with E-state index in [0.717, 1.165) is 5.56 Å². The lowest BCUT2D eigenvalue weighted by molar-refractivity contribution is -0.384. The lowest BCUT2D eigenvalue weighted by Gasteiger charge is -2.09. The van der Waals surface area contributed by atoms with Crippen molar-refractivity contribution in [3.63, 3.8) is 0 Å². The lowest BCUT2D eigenvalue weighted by atomic mass is 10.2. The van der Waals surface area contributed by atoms with Crippen LogP contribution in [0.2, 0.25) is 0 Å². The lowest BCUT2D eigenvalue weighted by Crippen LogP contribution is -2.11. The Labute approximate surface area is 130 Å². The Hall–Kier alpha value is -3.00. The zero-order valence-corrected chi connectivity index (χ0v) is 12.1. The summed E-state index contributed by atoms with van der Waals surface area (Å²) in [5, 5.41) is 17.6. The van der Waals surface area contributed by atoms with E-state index in [1.807, 2.05) is 30.3 Å². The number of anilines is 1. The summed E-state index contributed by atoms with van der Waals surface area (Å²) in [6, 6.07) is 15.6. The van der Waals surface area contributed by atoms with E-state index in [0.29, 0.717) is 16.3 Å². The van der Waals surface area contributed by atoms with Crippen LogP contribution >= 0.6 is 12.2 Å². The molecule has 0 saturated heterocycles. The highest BCUT2D eigenvalue weighted by molar-refractivity contribution is 7.71. The molecular weight excluding hydrogens is 302 g/mol. The molecule has 1 heterocycles. The van der Waals surface area contributed by atoms with Gasteiger partial charge in [-0.05, 0) is 24.4 Å². The van der Waals surface area contributed by atoms with Gasteiger partial charge >= 0.3 is 0 Å². The summed E-state index contributed by atoms with van der Waals surface area (Å²) >= 11 is 5.21. The van der Waals surface area contributed by atoms with E-state index in [1.54, 1.807) is 16.8 Å². The highest BCUT2D eigenvalue weighted by atomic mass is 32.1. The highest BCUT2D eigenvalue weighted by Crippen LogP contribution is 2.19. The third-order valence-electron chi connectivity index (χ3n) is 3.02. The predicted octanol–water partition coefficient (Wildman–Crippen LogP) is 3.39. The summed E-state index contributed by atoms with van der Waals surface area (Å²) in [5.74, 6) is 0.629. The van der Waals surface area contributed by atoms with Gasteiger partial charge in [-0.15, -0.1) is 0 Å². The third kappa shape index (κ3) is 2.72. The first-order chi connectivity index (χ1) is 10.6. The molecule has 3 aromatic rings. The Balaban J connectivity index is 1.94. The van der Waals surface area contributed by atoms with E-state index in [9.17, 15) is 10.1 Å². The second-order valence-corrected chi connectivity index (χ2v) is 4.86. The van der Waals surface area contributed by atoms with Crippen molar-refractivity contribution in [2.45, 2.75) is 0 Å². The number of hydrogen-bond donors (Lipinski definition) is 2. The number of non-ortho nitro benzene ring substituents is 1. The number of rotatable bonds is 4. The van der Waals surface area contributed by atoms with Crippen molar-refractivity contribution in [3.8, 4) is 11.4 Å². The van der Waals surface area contributed by atoms with E-state index in [1.165, 1.54) is 12.1 Å². The van der Waals surface area contributed by atoms with Crippen molar-refractivity contribution < 1.29 is 4.92 Å². The van der Waals surface area contributed by atoms with Crippen LogP contribution in [0.1, 0.15) is 0 Å². The van der Waals surface area contributed by atoms with Gasteiger partial charge in [0.2, 0.25) is 4.77 Å². The largest absolute Gasteiger partial charge is 0.290 e. The average Bonchev–Trinajstić information content (AvgIpc) is 2.90. The normalized spacial score (nSPS) is 10.4. The number of nitrogens with one attached hydrogen (secondary N) is 2. The van der Waals surface area contributed by atoms with Crippen LogP contribution < -0.4 is 5.43 Å². The van der Waals surface area contributed by atoms with E-state index in [4.69, 9.17) is 12.2 Å². The Kier molecular flexibility index (Phi) is 3.67. The highest BCUT2D eigenvalue weighted by Gasteiger charge is 2.09. The van der Waals surface area contributed by atoms with Gasteiger partial charge in [-0.2, -0.15) is 5.10 Å². The van der Waals surface area contributed by atoms with Crippen LogP contribution in [-0.2, 0) is 0 Å². The molecule has 0 fully saturated rings. The van der Waals surface area contributed by atoms with E-state index in [2.05, 4.69) is 15.6 Å². The average molecular weight is 313 g/mol. The van der Waals surface area contributed by atoms with Crippen molar-refractivity contribution in [2.75, 3.05) is 5.43 Å². The maximum absolute atomic E-state index is 10.7. The number of benzene rings is 2. The number of hydrogen-bond acceptors (Lipinski definition) is 5. The molecule has 7 nitrogen and oxygen atoms in total. The van der Waals surface area contributed by atoms with Crippen LogP contribution in [-0.4, -0.2) is 19.8 Å². The quantitative estimate of drug-likeness (QED) is 0.438. The molecule has 110 valence electrons. The Morgan fingerprint density at radius 1 is 1.14 bits per heavy atom. The van der Waals surface area contributed by atoms with E-state index < -0.39 is 4.92 Å². The summed E-state index contributed by atoms with van der Waals surface area (Å²) in [7, 11) is 0. The van der Waals surface area contributed by atoms with Crippen LogP contribution in [0.3, 0.4) is 0 Å². The molecule has 0 aliphatic heterocycles. The Morgan fingerprint density at radius 3 is 2.45 bits per heavy atom. The smallest absolute Gasteiger partial charge is 0.269 e. The zero-order valence-electron chi connectivity index (χ0n) is 11.3. The van der Waals surface area contributed by atoms with Crippen LogP contribution in [0.5, 0.6) is 0 Å². The second kappa shape index (κ2) is 5.78. The standard InChI is InChI=1S/C14H11N5O2S/c20-19(21)12-8-6-11(7-9-12)17-18-13(15-16-14(18)22)10-4-2-1-3-5-10/h1-9,17H,(H,16,22). The topological polar surface area (TPSA) is 88.8 Å². The fraction of sp³-hybridized carbons (Fsp3) is 0. The van der Waals surface area contributed by atoms with Crippen molar-refractivity contribution >= 4 is 23.6 Å². The monoisotopic (exact) mass is 313 g/mol. The van der Waals surface area contributed by atoms with Crippen LogP contribution in [0, 0.1) is 14.9 Å². The minimum atomic E-state index is -0.442. The van der Waals surface area contributed by atoms with Crippen molar-refractivity contribution in [3.05, 3.63) is 69.5 Å². The van der Waals surface area contributed by atoms with Gasteiger partial charge in [0.25, 0.3) is 5.69 Å². The van der Waals surface area contributed by atoms with Gasteiger partial charge in [-0.1, -0.05) is 30.3 Å². The Morgan fingerprint density at radius 2 is 1.82 bits per heavy atom. The van der Waals surface area contributed by atoms with Crippen LogP contribution in [0.15, 0.2) is 54.6 Å². The summed E-state index contributed by atoms with van der Waals surface area (Å²) in [4.78, 5) is 10.2. The van der Waals surface area contributed by atoms with Gasteiger partial charge in [0, 0.05) is 17.7 Å². The predicted molar refractivity (Wildman–Crippen MR) is 85.0 cm³/mol. The van der Waals surface area contributed by atoms with Gasteiger partial charge in [0.05, 0.1) is 10.6 Å². The number of aromatic amines is 1. The molecule has 0 aliphatic rings. The fourth-order valence-electron chi connectivity index (χ4n) is 1.97. The fourth-order valence-corrected chi connectivity index (χ4v) is 2.15. The molecular formula is C14H11N5O2S. The first kappa shape index (κ1) is 14.0. The van der Waals surface area contributed by atoms with E-state index in [-0.39, 0.29) is 5.69 Å². The third-order valence-corrected chi connectivity index (χ3v) is 3.30. The number of nitrogens with zero attached hydrogens (tertiary/aromatic N) is 3. The van der Waals surface area contributed by atoms with Gasteiger partial charge < -0.3 is 0 Å². The van der Waals surface area contributed by atoms with Crippen molar-refractivity contribution in [2.24, 2.45) is 0 Å². The molecule has 0 atom stereocenters. The summed E-state index contributed by atoms with van der Waals surface area (Å²) in [6.45, 7) is 0. The molecule has 0 saturated carbocycles. The first-order valence-electron chi connectivity index (χ1n) is 6.39. The number of nitro benzene ring substituents is 1. The van der Waals surface area contributed by atoms with Crippen molar-refractivity contribution in [1.29, 1.82) is 0 Å². The molecule has 0 aliphatic carbocycles. The molecule has 0 unspecified atom stereocenters. The molecule has 0 radical (unpaired) electrons. The minimum Gasteiger partial charge on any atom is -0.290 e. The summed E-state index contributed by atoms with van der Waals surface area (Å²) in [6.07, 6.45) is 0.